The zero-order valence-electron chi connectivity index (χ0n) is 11.9. The molecule has 1 aliphatic rings. The van der Waals surface area contributed by atoms with E-state index in [0.717, 1.165) is 7.11 Å². The zero-order valence-corrected chi connectivity index (χ0v) is 11.9. The molecule has 1 rings (SSSR count). The Morgan fingerprint density at radius 1 is 1.37 bits per heavy atom. The number of methoxy groups -OCH3 is 1. The minimum absolute atomic E-state index is 0.186. The van der Waals surface area contributed by atoms with Crippen molar-refractivity contribution in [3.05, 3.63) is 0 Å². The van der Waals surface area contributed by atoms with E-state index in [2.05, 4.69) is 4.74 Å². The van der Waals surface area contributed by atoms with Crippen LogP contribution in [-0.2, 0) is 14.3 Å². The summed E-state index contributed by atoms with van der Waals surface area (Å²) in [6.07, 6.45) is -0.929. The van der Waals surface area contributed by atoms with E-state index in [1.165, 1.54) is 4.90 Å². The number of hydrogen-bond acceptors (Lipinski definition) is 4. The molecule has 0 radical (unpaired) electrons. The number of amides is 1. The molecule has 0 aromatic carbocycles. The molecular weight excluding hydrogens is 253 g/mol. The zero-order chi connectivity index (χ0) is 14.6. The number of piperidine rings is 1. The van der Waals surface area contributed by atoms with E-state index < -0.39 is 29.8 Å². The number of rotatable bonds is 2. The maximum Gasteiger partial charge on any atom is 0.410 e. The molecule has 0 N–H and O–H groups in total. The fraction of sp³-hybridized carbons (Fsp3) is 0.846. The van der Waals surface area contributed by atoms with Gasteiger partial charge in [0.2, 0.25) is 6.17 Å². The Bertz CT molecular complexity index is 340. The van der Waals surface area contributed by atoms with Crippen LogP contribution in [0.3, 0.4) is 0 Å². The summed E-state index contributed by atoms with van der Waals surface area (Å²) in [5.74, 6) is -1.40. The summed E-state index contributed by atoms with van der Waals surface area (Å²) in [7, 11) is 1.16. The molecule has 0 aromatic heterocycles. The van der Waals surface area contributed by atoms with Gasteiger partial charge < -0.3 is 14.4 Å². The van der Waals surface area contributed by atoms with E-state index in [1.54, 1.807) is 20.8 Å². The van der Waals surface area contributed by atoms with Crippen molar-refractivity contribution in [3.8, 4) is 0 Å². The lowest BCUT2D eigenvalue weighted by Gasteiger charge is -2.34. The third-order valence-corrected chi connectivity index (χ3v) is 2.95. The highest BCUT2D eigenvalue weighted by molar-refractivity contribution is 5.75. The average Bonchev–Trinajstić information content (AvgIpc) is 2.35. The second-order valence-electron chi connectivity index (χ2n) is 5.75. The number of ether oxygens (including phenoxy) is 2. The van der Waals surface area contributed by atoms with Crippen LogP contribution in [0.1, 0.15) is 33.6 Å². The Balaban J connectivity index is 2.59. The first-order chi connectivity index (χ1) is 8.74. The highest BCUT2D eigenvalue weighted by Gasteiger charge is 2.35. The first-order valence-electron chi connectivity index (χ1n) is 6.44. The van der Waals surface area contributed by atoms with Crippen molar-refractivity contribution in [3.63, 3.8) is 0 Å². The first-order valence-corrected chi connectivity index (χ1v) is 6.44. The molecule has 1 fully saturated rings. The molecule has 2 unspecified atom stereocenters. The molecule has 1 amide bonds. The van der Waals surface area contributed by atoms with Gasteiger partial charge in [-0.3, -0.25) is 0 Å². The second kappa shape index (κ2) is 6.21. The van der Waals surface area contributed by atoms with Crippen molar-refractivity contribution in [2.75, 3.05) is 20.2 Å². The number of carbonyl (C=O) groups excluding carboxylic acids is 2. The van der Waals surface area contributed by atoms with Crippen molar-refractivity contribution in [1.29, 1.82) is 0 Å². The maximum atomic E-state index is 13.8. The van der Waals surface area contributed by atoms with Crippen LogP contribution >= 0.6 is 0 Å². The number of carbonyl (C=O) groups is 2. The molecule has 0 bridgehead atoms. The number of hydrogen-bond donors (Lipinski definition) is 0. The average molecular weight is 275 g/mol. The summed E-state index contributed by atoms with van der Waals surface area (Å²) < 4.78 is 23.4. The number of alkyl halides is 1. The van der Waals surface area contributed by atoms with Gasteiger partial charge in [-0.15, -0.1) is 0 Å². The lowest BCUT2D eigenvalue weighted by Crippen LogP contribution is -2.46. The molecule has 110 valence electrons. The minimum atomic E-state index is -1.68. The van der Waals surface area contributed by atoms with Gasteiger partial charge in [0.1, 0.15) is 5.60 Å². The standard InChI is InChI=1S/C13H22FNO4/c1-13(2,3)19-12(17)15-7-5-6-9(8-15)10(14)11(16)18-4/h9-10H,5-8H2,1-4H3. The van der Waals surface area contributed by atoms with Gasteiger partial charge in [-0.1, -0.05) is 0 Å². The molecule has 0 spiro atoms. The lowest BCUT2D eigenvalue weighted by molar-refractivity contribution is -0.149. The molecule has 19 heavy (non-hydrogen) atoms. The SMILES string of the molecule is COC(=O)C(F)C1CCCN(C(=O)OC(C)(C)C)C1. The quantitative estimate of drug-likeness (QED) is 0.725. The molecule has 5 nitrogen and oxygen atoms in total. The van der Waals surface area contributed by atoms with Crippen molar-refractivity contribution in [2.24, 2.45) is 5.92 Å². The molecule has 0 aliphatic carbocycles. The van der Waals surface area contributed by atoms with Gasteiger partial charge in [0.05, 0.1) is 7.11 Å². The highest BCUT2D eigenvalue weighted by Crippen LogP contribution is 2.24. The van der Waals surface area contributed by atoms with Gasteiger partial charge in [0.15, 0.2) is 0 Å². The predicted octanol–water partition coefficient (Wildman–Crippen LogP) is 2.14. The summed E-state index contributed by atoms with van der Waals surface area (Å²) in [4.78, 5) is 24.5. The third kappa shape index (κ3) is 4.69. The monoisotopic (exact) mass is 275 g/mol. The first kappa shape index (κ1) is 15.7. The number of halogens is 1. The Morgan fingerprint density at radius 3 is 2.53 bits per heavy atom. The molecule has 6 heteroatoms. The second-order valence-corrected chi connectivity index (χ2v) is 5.75. The number of nitrogens with zero attached hydrogens (tertiary/aromatic N) is 1. The van der Waals surface area contributed by atoms with Crippen LogP contribution in [0.15, 0.2) is 0 Å². The number of esters is 1. The van der Waals surface area contributed by atoms with Crippen molar-refractivity contribution in [2.45, 2.75) is 45.4 Å². The van der Waals surface area contributed by atoms with E-state index in [4.69, 9.17) is 4.74 Å². The Kier molecular flexibility index (Phi) is 5.14. The van der Waals surface area contributed by atoms with Gasteiger partial charge in [-0.05, 0) is 33.6 Å². The van der Waals surface area contributed by atoms with Gasteiger partial charge in [-0.25, -0.2) is 14.0 Å². The van der Waals surface area contributed by atoms with E-state index in [1.807, 2.05) is 0 Å². The van der Waals surface area contributed by atoms with Crippen molar-refractivity contribution < 1.29 is 23.5 Å². The lowest BCUT2D eigenvalue weighted by atomic mass is 9.93. The fourth-order valence-corrected chi connectivity index (χ4v) is 2.05. The molecule has 1 saturated heterocycles. The van der Waals surface area contributed by atoms with E-state index in [0.29, 0.717) is 19.4 Å². The van der Waals surface area contributed by atoms with E-state index in [9.17, 15) is 14.0 Å². The Hall–Kier alpha value is -1.33. The predicted molar refractivity (Wildman–Crippen MR) is 67.4 cm³/mol. The summed E-state index contributed by atoms with van der Waals surface area (Å²) in [5.41, 5.74) is -0.582. The Morgan fingerprint density at radius 2 is 2.00 bits per heavy atom. The third-order valence-electron chi connectivity index (χ3n) is 2.95. The fourth-order valence-electron chi connectivity index (χ4n) is 2.05. The van der Waals surface area contributed by atoms with Gasteiger partial charge >= 0.3 is 12.1 Å². The smallest absolute Gasteiger partial charge is 0.410 e. The summed E-state index contributed by atoms with van der Waals surface area (Å²) in [5, 5.41) is 0. The van der Waals surface area contributed by atoms with Crippen LogP contribution < -0.4 is 0 Å². The van der Waals surface area contributed by atoms with Crippen LogP contribution in [0.5, 0.6) is 0 Å². The molecule has 2 atom stereocenters. The molecule has 1 aliphatic heterocycles. The van der Waals surface area contributed by atoms with Crippen LogP contribution in [0.25, 0.3) is 0 Å². The van der Waals surface area contributed by atoms with Gasteiger partial charge in [0.25, 0.3) is 0 Å². The summed E-state index contributed by atoms with van der Waals surface area (Å²) in [6, 6.07) is 0. The van der Waals surface area contributed by atoms with Crippen molar-refractivity contribution >= 4 is 12.1 Å². The van der Waals surface area contributed by atoms with Gasteiger partial charge in [0, 0.05) is 19.0 Å². The molecular formula is C13H22FNO4. The normalized spacial score (nSPS) is 21.7. The topological polar surface area (TPSA) is 55.8 Å². The van der Waals surface area contributed by atoms with Crippen LogP contribution in [0, 0.1) is 5.92 Å². The number of likely N-dealkylation sites (tertiary alicyclic amines) is 1. The maximum absolute atomic E-state index is 13.8. The van der Waals surface area contributed by atoms with Crippen LogP contribution in [0.4, 0.5) is 9.18 Å². The van der Waals surface area contributed by atoms with Crippen LogP contribution in [-0.4, -0.2) is 48.9 Å². The van der Waals surface area contributed by atoms with Gasteiger partial charge in [-0.2, -0.15) is 0 Å². The summed E-state index contributed by atoms with van der Waals surface area (Å²) in [6.45, 7) is 6.04. The molecule has 1 heterocycles. The Labute approximate surface area is 113 Å². The molecule has 0 aromatic rings. The van der Waals surface area contributed by atoms with Crippen LogP contribution in [0.2, 0.25) is 0 Å². The largest absolute Gasteiger partial charge is 0.467 e. The minimum Gasteiger partial charge on any atom is -0.467 e. The van der Waals surface area contributed by atoms with E-state index >= 15 is 0 Å². The van der Waals surface area contributed by atoms with E-state index in [-0.39, 0.29) is 6.54 Å². The summed E-state index contributed by atoms with van der Waals surface area (Å²) >= 11 is 0. The molecule has 0 saturated carbocycles. The highest BCUT2D eigenvalue weighted by atomic mass is 19.1. The van der Waals surface area contributed by atoms with Crippen molar-refractivity contribution in [1.82, 2.24) is 4.90 Å².